The number of rotatable bonds is 7. The zero-order chi connectivity index (χ0) is 20.9. The Balaban J connectivity index is 1.62. The largest absolute Gasteiger partial charge is 0.497 e. The minimum atomic E-state index is -0.268. The Bertz CT molecular complexity index is 1100. The lowest BCUT2D eigenvalue weighted by molar-refractivity contribution is 0.0934. The summed E-state index contributed by atoms with van der Waals surface area (Å²) in [5.41, 5.74) is 2.33. The number of hydrogen-bond acceptors (Lipinski definition) is 4. The van der Waals surface area contributed by atoms with Gasteiger partial charge in [0.2, 0.25) is 0 Å². The lowest BCUT2D eigenvalue weighted by Crippen LogP contribution is -2.28. The van der Waals surface area contributed by atoms with E-state index in [1.54, 1.807) is 11.8 Å². The van der Waals surface area contributed by atoms with Crippen molar-refractivity contribution in [2.24, 2.45) is 0 Å². The molecule has 7 nitrogen and oxygen atoms in total. The van der Waals surface area contributed by atoms with Gasteiger partial charge >= 0.3 is 0 Å². The van der Waals surface area contributed by atoms with E-state index in [0.717, 1.165) is 16.9 Å². The molecular formula is C23H23N5O2. The Morgan fingerprint density at radius 3 is 2.40 bits per heavy atom. The molecule has 1 amide bonds. The standard InChI is InChI=1S/C23H23N5O2/c1-17(19-8-4-3-5-9-19)24-22(29)21-23(27-14-6-7-15-27)28(26-25-21)16-18-10-12-20(30-2)13-11-18/h3-15,17H,16H2,1-2H3,(H,24,29). The topological polar surface area (TPSA) is 74.0 Å². The molecule has 2 heterocycles. The second-order valence-electron chi connectivity index (χ2n) is 6.96. The number of aromatic nitrogens is 4. The zero-order valence-corrected chi connectivity index (χ0v) is 16.9. The van der Waals surface area contributed by atoms with Gasteiger partial charge in [-0.05, 0) is 42.3 Å². The number of benzene rings is 2. The Morgan fingerprint density at radius 1 is 1.03 bits per heavy atom. The molecule has 7 heteroatoms. The number of carbonyl (C=O) groups is 1. The Hall–Kier alpha value is -3.87. The highest BCUT2D eigenvalue weighted by atomic mass is 16.5. The van der Waals surface area contributed by atoms with E-state index in [-0.39, 0.29) is 17.6 Å². The second kappa shape index (κ2) is 8.65. The summed E-state index contributed by atoms with van der Waals surface area (Å²) in [5, 5.41) is 11.5. The van der Waals surface area contributed by atoms with E-state index in [9.17, 15) is 4.79 Å². The van der Waals surface area contributed by atoms with Crippen molar-refractivity contribution >= 4 is 5.91 Å². The van der Waals surface area contributed by atoms with Gasteiger partial charge in [-0.2, -0.15) is 0 Å². The van der Waals surface area contributed by atoms with Crippen molar-refractivity contribution in [1.82, 2.24) is 24.9 Å². The van der Waals surface area contributed by atoms with Crippen LogP contribution in [-0.2, 0) is 6.54 Å². The van der Waals surface area contributed by atoms with Crippen LogP contribution in [0.1, 0.15) is 34.6 Å². The van der Waals surface area contributed by atoms with Gasteiger partial charge in [-0.1, -0.05) is 47.7 Å². The molecule has 0 aliphatic rings. The normalized spacial score (nSPS) is 11.8. The smallest absolute Gasteiger partial charge is 0.276 e. The predicted molar refractivity (Wildman–Crippen MR) is 114 cm³/mol. The van der Waals surface area contributed by atoms with Gasteiger partial charge < -0.3 is 14.6 Å². The monoisotopic (exact) mass is 401 g/mol. The van der Waals surface area contributed by atoms with Crippen LogP contribution in [0.25, 0.3) is 5.82 Å². The first-order valence-corrected chi connectivity index (χ1v) is 9.71. The number of nitrogens with zero attached hydrogens (tertiary/aromatic N) is 4. The SMILES string of the molecule is COc1ccc(Cn2nnc(C(=O)NC(C)c3ccccc3)c2-n2cccc2)cc1. The first-order valence-electron chi connectivity index (χ1n) is 9.71. The highest BCUT2D eigenvalue weighted by Crippen LogP contribution is 2.18. The fourth-order valence-corrected chi connectivity index (χ4v) is 3.29. The number of hydrogen-bond donors (Lipinski definition) is 1. The summed E-state index contributed by atoms with van der Waals surface area (Å²) in [5.74, 6) is 1.14. The quantitative estimate of drug-likeness (QED) is 0.513. The first kappa shape index (κ1) is 19.4. The van der Waals surface area contributed by atoms with Crippen LogP contribution in [0, 0.1) is 0 Å². The molecule has 0 fully saturated rings. The number of ether oxygens (including phenoxy) is 1. The van der Waals surface area contributed by atoms with Gasteiger partial charge in [0.15, 0.2) is 11.5 Å². The van der Waals surface area contributed by atoms with Gasteiger partial charge in [0, 0.05) is 12.4 Å². The highest BCUT2D eigenvalue weighted by molar-refractivity contribution is 5.95. The van der Waals surface area contributed by atoms with E-state index in [2.05, 4.69) is 15.6 Å². The van der Waals surface area contributed by atoms with Crippen LogP contribution < -0.4 is 10.1 Å². The van der Waals surface area contributed by atoms with Gasteiger partial charge in [0.05, 0.1) is 19.7 Å². The van der Waals surface area contributed by atoms with Crippen molar-refractivity contribution in [3.05, 3.63) is 95.9 Å². The van der Waals surface area contributed by atoms with E-state index in [4.69, 9.17) is 4.74 Å². The molecule has 2 aromatic carbocycles. The molecule has 0 aliphatic heterocycles. The number of nitrogens with one attached hydrogen (secondary N) is 1. The van der Waals surface area contributed by atoms with Crippen LogP contribution in [0.2, 0.25) is 0 Å². The summed E-state index contributed by atoms with van der Waals surface area (Å²) in [6, 6.07) is 21.2. The van der Waals surface area contributed by atoms with Crippen LogP contribution in [-0.4, -0.2) is 32.6 Å². The molecule has 4 rings (SSSR count). The summed E-state index contributed by atoms with van der Waals surface area (Å²) in [4.78, 5) is 13.0. The second-order valence-corrected chi connectivity index (χ2v) is 6.96. The summed E-state index contributed by atoms with van der Waals surface area (Å²) < 4.78 is 8.80. The lowest BCUT2D eigenvalue weighted by Gasteiger charge is -2.14. The average Bonchev–Trinajstić information content (AvgIpc) is 3.44. The molecule has 1 atom stereocenters. The number of methoxy groups -OCH3 is 1. The maximum Gasteiger partial charge on any atom is 0.276 e. The fraction of sp³-hybridized carbons (Fsp3) is 0.174. The Morgan fingerprint density at radius 2 is 1.73 bits per heavy atom. The molecule has 0 saturated carbocycles. The first-order chi connectivity index (χ1) is 14.7. The van der Waals surface area contributed by atoms with Gasteiger partial charge in [-0.3, -0.25) is 4.79 Å². The minimum Gasteiger partial charge on any atom is -0.497 e. The van der Waals surface area contributed by atoms with Crippen molar-refractivity contribution in [2.75, 3.05) is 7.11 Å². The molecule has 0 aliphatic carbocycles. The Kier molecular flexibility index (Phi) is 5.61. The lowest BCUT2D eigenvalue weighted by atomic mass is 10.1. The molecule has 1 N–H and O–H groups in total. The van der Waals surface area contributed by atoms with Crippen molar-refractivity contribution in [3.63, 3.8) is 0 Å². The van der Waals surface area contributed by atoms with Gasteiger partial charge in [0.1, 0.15) is 5.75 Å². The molecule has 0 saturated heterocycles. The van der Waals surface area contributed by atoms with Crippen LogP contribution in [0.5, 0.6) is 5.75 Å². The van der Waals surface area contributed by atoms with E-state index >= 15 is 0 Å². The van der Waals surface area contributed by atoms with Crippen molar-refractivity contribution in [2.45, 2.75) is 19.5 Å². The summed E-state index contributed by atoms with van der Waals surface area (Å²) in [6.45, 7) is 2.43. The van der Waals surface area contributed by atoms with E-state index in [0.29, 0.717) is 12.4 Å². The van der Waals surface area contributed by atoms with E-state index < -0.39 is 0 Å². The molecule has 4 aromatic rings. The number of carbonyl (C=O) groups excluding carboxylic acids is 1. The van der Waals surface area contributed by atoms with Crippen molar-refractivity contribution in [1.29, 1.82) is 0 Å². The van der Waals surface area contributed by atoms with Crippen molar-refractivity contribution < 1.29 is 9.53 Å². The highest BCUT2D eigenvalue weighted by Gasteiger charge is 2.22. The molecule has 1 unspecified atom stereocenters. The minimum absolute atomic E-state index is 0.150. The number of amides is 1. The molecule has 0 spiro atoms. The molecule has 2 aromatic heterocycles. The van der Waals surface area contributed by atoms with Crippen LogP contribution in [0.15, 0.2) is 79.1 Å². The van der Waals surface area contributed by atoms with Gasteiger partial charge in [-0.15, -0.1) is 5.10 Å². The molecule has 152 valence electrons. The predicted octanol–water partition coefficient (Wildman–Crippen LogP) is 3.62. The third-order valence-corrected chi connectivity index (χ3v) is 4.91. The molecular weight excluding hydrogens is 378 g/mol. The summed E-state index contributed by atoms with van der Waals surface area (Å²) >= 11 is 0. The van der Waals surface area contributed by atoms with Crippen LogP contribution in [0.3, 0.4) is 0 Å². The third kappa shape index (κ3) is 4.10. The summed E-state index contributed by atoms with van der Waals surface area (Å²) in [7, 11) is 1.64. The maximum absolute atomic E-state index is 13.0. The Labute approximate surface area is 174 Å². The average molecular weight is 401 g/mol. The van der Waals surface area contributed by atoms with Crippen LogP contribution >= 0.6 is 0 Å². The summed E-state index contributed by atoms with van der Waals surface area (Å²) in [6.07, 6.45) is 3.75. The van der Waals surface area contributed by atoms with Crippen molar-refractivity contribution in [3.8, 4) is 11.6 Å². The van der Waals surface area contributed by atoms with Gasteiger partial charge in [0.25, 0.3) is 5.91 Å². The zero-order valence-electron chi connectivity index (χ0n) is 16.9. The maximum atomic E-state index is 13.0. The third-order valence-electron chi connectivity index (χ3n) is 4.91. The fourth-order valence-electron chi connectivity index (χ4n) is 3.29. The molecule has 0 radical (unpaired) electrons. The van der Waals surface area contributed by atoms with Gasteiger partial charge in [-0.25, -0.2) is 4.68 Å². The van der Waals surface area contributed by atoms with Crippen LogP contribution in [0.4, 0.5) is 0 Å². The van der Waals surface area contributed by atoms with E-state index in [1.807, 2.05) is 90.6 Å². The molecule has 0 bridgehead atoms. The van der Waals surface area contributed by atoms with E-state index in [1.165, 1.54) is 0 Å². The molecule has 30 heavy (non-hydrogen) atoms.